The summed E-state index contributed by atoms with van der Waals surface area (Å²) in [4.78, 5) is 31.1. The Labute approximate surface area is 181 Å². The van der Waals surface area contributed by atoms with Crippen molar-refractivity contribution in [1.82, 2.24) is 14.5 Å². The first-order valence-corrected chi connectivity index (χ1v) is 10.2. The highest BCUT2D eigenvalue weighted by Crippen LogP contribution is 2.34. The highest BCUT2D eigenvalue weighted by molar-refractivity contribution is 6.30. The van der Waals surface area contributed by atoms with Crippen molar-refractivity contribution in [1.29, 1.82) is 0 Å². The lowest BCUT2D eigenvalue weighted by atomic mass is 9.95. The average molecular weight is 440 g/mol. The molecule has 0 aliphatic carbocycles. The quantitative estimate of drug-likeness (QED) is 0.387. The Bertz CT molecular complexity index is 1420. The Morgan fingerprint density at radius 1 is 1.16 bits per heavy atom. The minimum Gasteiger partial charge on any atom is -0.497 e. The predicted octanol–water partition coefficient (Wildman–Crippen LogP) is 1.58. The zero-order valence-corrected chi connectivity index (χ0v) is 17.4. The predicted molar refractivity (Wildman–Crippen MR) is 117 cm³/mol. The van der Waals surface area contributed by atoms with Gasteiger partial charge < -0.3 is 20.1 Å². The number of halogens is 1. The van der Waals surface area contributed by atoms with E-state index in [-0.39, 0.29) is 11.4 Å². The van der Waals surface area contributed by atoms with Gasteiger partial charge in [-0.3, -0.25) is 9.78 Å². The van der Waals surface area contributed by atoms with E-state index < -0.39 is 17.3 Å². The molecule has 0 saturated heterocycles. The number of aromatic hydroxyl groups is 1. The van der Waals surface area contributed by atoms with E-state index in [1.54, 1.807) is 31.4 Å². The molecular weight excluding hydrogens is 420 g/mol. The molecule has 2 aromatic heterocycles. The minimum absolute atomic E-state index is 0.119. The highest BCUT2D eigenvalue weighted by Gasteiger charge is 2.34. The van der Waals surface area contributed by atoms with E-state index in [1.807, 2.05) is 23.5 Å². The normalized spacial score (nSPS) is 15.7. The third-order valence-corrected chi connectivity index (χ3v) is 6.02. The molecule has 158 valence electrons. The number of fused-ring (bicyclic) bond motifs is 3. The van der Waals surface area contributed by atoms with Gasteiger partial charge in [0.05, 0.1) is 25.0 Å². The molecule has 4 aromatic rings. The monoisotopic (exact) mass is 439 g/mol. The number of hydrogen-bond acceptors (Lipinski definition) is 4. The van der Waals surface area contributed by atoms with E-state index in [0.29, 0.717) is 10.7 Å². The second-order valence-corrected chi connectivity index (χ2v) is 7.93. The van der Waals surface area contributed by atoms with E-state index in [4.69, 9.17) is 16.3 Å². The molecule has 5 N–H and O–H groups in total. The summed E-state index contributed by atoms with van der Waals surface area (Å²) in [5.41, 5.74) is 2.02. The Hall–Kier alpha value is -3.49. The fraction of sp³-hybridized carbons (Fsp3) is 0.182. The van der Waals surface area contributed by atoms with Crippen molar-refractivity contribution in [3.8, 4) is 17.3 Å². The number of H-pyrrole nitrogens is 2. The van der Waals surface area contributed by atoms with Gasteiger partial charge in [0, 0.05) is 22.3 Å². The number of rotatable bonds is 3. The fourth-order valence-corrected chi connectivity index (χ4v) is 4.46. The maximum absolute atomic E-state index is 12.8. The van der Waals surface area contributed by atoms with E-state index in [2.05, 4.69) is 9.97 Å². The van der Waals surface area contributed by atoms with E-state index in [9.17, 15) is 14.7 Å². The van der Waals surface area contributed by atoms with Gasteiger partial charge in [-0.2, -0.15) is 0 Å². The van der Waals surface area contributed by atoms with Gasteiger partial charge in [-0.1, -0.05) is 11.6 Å². The molecule has 0 unspecified atom stereocenters. The van der Waals surface area contributed by atoms with Crippen molar-refractivity contribution in [3.05, 3.63) is 85.1 Å². The first-order chi connectivity index (χ1) is 15.0. The molecule has 0 amide bonds. The lowest BCUT2D eigenvalue weighted by Gasteiger charge is -2.22. The second kappa shape index (κ2) is 7.33. The Balaban J connectivity index is 1.72. The Kier molecular flexibility index (Phi) is 4.60. The molecule has 0 saturated carbocycles. The molecule has 8 nitrogen and oxygen atoms in total. The van der Waals surface area contributed by atoms with Gasteiger partial charge in [-0.05, 0) is 48.0 Å². The summed E-state index contributed by atoms with van der Waals surface area (Å²) in [6, 6.07) is 11.7. The molecule has 31 heavy (non-hydrogen) atoms. The van der Waals surface area contributed by atoms with Crippen LogP contribution in [0, 0.1) is 0 Å². The second-order valence-electron chi connectivity index (χ2n) is 7.49. The lowest BCUT2D eigenvalue weighted by molar-refractivity contribution is -0.690. The van der Waals surface area contributed by atoms with Crippen LogP contribution in [0.15, 0.2) is 52.1 Å². The smallest absolute Gasteiger partial charge is 0.335 e. The molecule has 1 atom stereocenters. The molecule has 5 rings (SSSR count). The number of aromatic nitrogens is 3. The Morgan fingerprint density at radius 2 is 1.94 bits per heavy atom. The molecule has 2 aromatic carbocycles. The number of benzene rings is 2. The van der Waals surface area contributed by atoms with Crippen molar-refractivity contribution >= 4 is 22.5 Å². The van der Waals surface area contributed by atoms with E-state index >= 15 is 0 Å². The van der Waals surface area contributed by atoms with E-state index in [0.717, 1.165) is 45.4 Å². The summed E-state index contributed by atoms with van der Waals surface area (Å²) < 4.78 is 6.44. The van der Waals surface area contributed by atoms with Crippen molar-refractivity contribution < 1.29 is 15.2 Å². The minimum atomic E-state index is -0.717. The van der Waals surface area contributed by atoms with Crippen LogP contribution in [0.4, 0.5) is 0 Å². The molecule has 0 fully saturated rings. The summed E-state index contributed by atoms with van der Waals surface area (Å²) in [5, 5.41) is 14.6. The SMILES string of the molecule is COc1ccc2[nH]c3c(c2c1)CC[NH2+][C@@H]3c1c(O)n(-c2ccc(Cl)cc2)c(=O)[nH]c1=O. The standard InChI is InChI=1S/C22H19ClN4O4/c1-31-13-6-7-16-15(10-13)14-8-9-24-19(18(14)25-16)17-20(28)26-22(30)27(21(17)29)12-4-2-11(23)3-5-12/h2-7,10,19,24-25,29H,8-9H2,1H3,(H,26,28,30)/p+1/t19-/m1/s1. The van der Waals surface area contributed by atoms with E-state index in [1.165, 1.54) is 0 Å². The van der Waals surface area contributed by atoms with Crippen LogP contribution in [0.25, 0.3) is 16.6 Å². The van der Waals surface area contributed by atoms with Gasteiger partial charge in [0.2, 0.25) is 5.88 Å². The summed E-state index contributed by atoms with van der Waals surface area (Å²) in [6.45, 7) is 0.723. The van der Waals surface area contributed by atoms with Crippen LogP contribution < -0.4 is 21.3 Å². The molecule has 0 radical (unpaired) electrons. The van der Waals surface area contributed by atoms with Crippen molar-refractivity contribution in [3.63, 3.8) is 0 Å². The van der Waals surface area contributed by atoms with Gasteiger partial charge in [-0.15, -0.1) is 0 Å². The molecule has 0 spiro atoms. The average Bonchev–Trinajstić information content (AvgIpc) is 3.13. The van der Waals surface area contributed by atoms with Crippen LogP contribution in [0.5, 0.6) is 11.6 Å². The summed E-state index contributed by atoms with van der Waals surface area (Å²) in [7, 11) is 1.62. The highest BCUT2D eigenvalue weighted by atomic mass is 35.5. The van der Waals surface area contributed by atoms with Crippen LogP contribution in [0.1, 0.15) is 22.9 Å². The van der Waals surface area contributed by atoms with Gasteiger partial charge in [0.15, 0.2) is 6.04 Å². The molecule has 1 aliphatic heterocycles. The maximum atomic E-state index is 12.8. The van der Waals surface area contributed by atoms with Gasteiger partial charge >= 0.3 is 5.69 Å². The van der Waals surface area contributed by atoms with Crippen LogP contribution in [0.3, 0.4) is 0 Å². The van der Waals surface area contributed by atoms with Crippen LogP contribution in [0.2, 0.25) is 5.02 Å². The lowest BCUT2D eigenvalue weighted by Crippen LogP contribution is -2.87. The van der Waals surface area contributed by atoms with Crippen LogP contribution >= 0.6 is 11.6 Å². The molecule has 3 heterocycles. The number of nitrogens with zero attached hydrogens (tertiary/aromatic N) is 1. The number of quaternary nitrogens is 1. The molecule has 1 aliphatic rings. The molecule has 9 heteroatoms. The fourth-order valence-electron chi connectivity index (χ4n) is 4.33. The summed E-state index contributed by atoms with van der Waals surface area (Å²) in [6.07, 6.45) is 0.800. The third kappa shape index (κ3) is 3.11. The van der Waals surface area contributed by atoms with Crippen molar-refractivity contribution in [2.75, 3.05) is 13.7 Å². The number of methoxy groups -OCH3 is 1. The summed E-state index contributed by atoms with van der Waals surface area (Å²) in [5.74, 6) is 0.360. The molecule has 0 bridgehead atoms. The Morgan fingerprint density at radius 3 is 2.68 bits per heavy atom. The van der Waals surface area contributed by atoms with Crippen LogP contribution in [-0.4, -0.2) is 33.3 Å². The van der Waals surface area contributed by atoms with Gasteiger partial charge in [0.25, 0.3) is 5.56 Å². The topological polar surface area (TPSA) is 117 Å². The number of ether oxygens (including phenoxy) is 1. The maximum Gasteiger partial charge on any atom is 0.335 e. The first kappa shape index (κ1) is 19.5. The largest absolute Gasteiger partial charge is 0.497 e. The van der Waals surface area contributed by atoms with Gasteiger partial charge in [0.1, 0.15) is 11.3 Å². The molecular formula is C22H20ClN4O4+. The summed E-state index contributed by atoms with van der Waals surface area (Å²) >= 11 is 5.95. The van der Waals surface area contributed by atoms with Crippen LogP contribution in [-0.2, 0) is 6.42 Å². The number of nitrogens with two attached hydrogens (primary N) is 1. The van der Waals surface area contributed by atoms with Gasteiger partial charge in [-0.25, -0.2) is 9.36 Å². The zero-order chi connectivity index (χ0) is 21.7. The number of nitrogens with one attached hydrogen (secondary N) is 2. The third-order valence-electron chi connectivity index (χ3n) is 5.77. The first-order valence-electron chi connectivity index (χ1n) is 9.84. The number of aromatic amines is 2. The number of hydrogen-bond donors (Lipinski definition) is 4. The zero-order valence-electron chi connectivity index (χ0n) is 16.6. The van der Waals surface area contributed by atoms with Crippen molar-refractivity contribution in [2.24, 2.45) is 0 Å². The van der Waals surface area contributed by atoms with Crippen molar-refractivity contribution in [2.45, 2.75) is 12.5 Å².